The molecule has 0 amide bonds. The topological polar surface area (TPSA) is 52.6 Å². The van der Waals surface area contributed by atoms with Crippen LogP contribution in [-0.4, -0.2) is 30.2 Å². The van der Waals surface area contributed by atoms with Crippen LogP contribution in [0, 0.1) is 11.8 Å². The lowest BCUT2D eigenvalue weighted by atomic mass is 9.82. The van der Waals surface area contributed by atoms with Crippen molar-refractivity contribution >= 4 is 17.0 Å². The second-order valence-corrected chi connectivity index (χ2v) is 4.97. The largest absolute Gasteiger partial charge is 0.469 e. The number of methoxy groups -OCH3 is 1. The average Bonchev–Trinajstić information content (AvgIpc) is 2.26. The fourth-order valence-corrected chi connectivity index (χ4v) is 2.31. The van der Waals surface area contributed by atoms with Gasteiger partial charge in [0.1, 0.15) is 0 Å². The lowest BCUT2D eigenvalue weighted by Crippen LogP contribution is -2.25. The highest BCUT2D eigenvalue weighted by molar-refractivity contribution is 7.79. The summed E-state index contributed by atoms with van der Waals surface area (Å²) in [5, 5.41) is 0. The van der Waals surface area contributed by atoms with E-state index in [4.69, 9.17) is 8.92 Å². The minimum Gasteiger partial charge on any atom is -0.469 e. The first-order valence-electron chi connectivity index (χ1n) is 5.18. The standard InChI is InChI=1S/C10H18O4S/c1-13-10(11)9-5-3-8(4-6-9)7-14-15(2)12/h8-9H,3-7H2,1-2H3. The molecule has 0 spiro atoms. The maximum absolute atomic E-state index is 11.2. The molecule has 0 radical (unpaired) electrons. The van der Waals surface area contributed by atoms with Gasteiger partial charge in [-0.1, -0.05) is 0 Å². The highest BCUT2D eigenvalue weighted by atomic mass is 32.2. The zero-order valence-corrected chi connectivity index (χ0v) is 10.0. The highest BCUT2D eigenvalue weighted by Gasteiger charge is 2.26. The van der Waals surface area contributed by atoms with Gasteiger partial charge < -0.3 is 4.74 Å². The number of carbonyl (C=O) groups is 1. The molecule has 1 unspecified atom stereocenters. The van der Waals surface area contributed by atoms with E-state index in [0.29, 0.717) is 12.5 Å². The minimum absolute atomic E-state index is 0.0540. The third kappa shape index (κ3) is 4.30. The molecule has 88 valence electrons. The van der Waals surface area contributed by atoms with Crippen LogP contribution in [-0.2, 0) is 24.8 Å². The van der Waals surface area contributed by atoms with Gasteiger partial charge in [0.15, 0.2) is 11.1 Å². The number of carbonyl (C=O) groups excluding carboxylic acids is 1. The predicted octanol–water partition coefficient (Wildman–Crippen LogP) is 1.28. The summed E-state index contributed by atoms with van der Waals surface area (Å²) >= 11 is -1.18. The molecule has 0 aromatic carbocycles. The maximum atomic E-state index is 11.2. The van der Waals surface area contributed by atoms with Crippen molar-refractivity contribution in [3.05, 3.63) is 0 Å². The van der Waals surface area contributed by atoms with Gasteiger partial charge in [0.05, 0.1) is 19.6 Å². The van der Waals surface area contributed by atoms with E-state index in [9.17, 15) is 9.00 Å². The first kappa shape index (κ1) is 12.6. The first-order valence-corrected chi connectivity index (χ1v) is 6.66. The summed E-state index contributed by atoms with van der Waals surface area (Å²) in [6.45, 7) is 0.539. The van der Waals surface area contributed by atoms with E-state index in [-0.39, 0.29) is 11.9 Å². The predicted molar refractivity (Wildman–Crippen MR) is 57.5 cm³/mol. The number of esters is 1. The molecular weight excluding hydrogens is 216 g/mol. The SMILES string of the molecule is COC(=O)C1CCC(COS(C)=O)CC1. The molecule has 0 aliphatic heterocycles. The van der Waals surface area contributed by atoms with Crippen LogP contribution in [0.2, 0.25) is 0 Å². The van der Waals surface area contributed by atoms with Crippen LogP contribution in [0.25, 0.3) is 0 Å². The molecule has 0 bridgehead atoms. The van der Waals surface area contributed by atoms with Crippen molar-refractivity contribution in [2.75, 3.05) is 20.0 Å². The van der Waals surface area contributed by atoms with Crippen LogP contribution in [0.3, 0.4) is 0 Å². The van der Waals surface area contributed by atoms with Crippen molar-refractivity contribution in [1.82, 2.24) is 0 Å². The molecule has 1 aliphatic rings. The second kappa shape index (κ2) is 6.23. The van der Waals surface area contributed by atoms with E-state index in [0.717, 1.165) is 25.7 Å². The summed E-state index contributed by atoms with van der Waals surface area (Å²) in [5.41, 5.74) is 0. The zero-order chi connectivity index (χ0) is 11.3. The Morgan fingerprint density at radius 2 is 1.93 bits per heavy atom. The summed E-state index contributed by atoms with van der Waals surface area (Å²) in [5.74, 6) is 0.390. The van der Waals surface area contributed by atoms with E-state index in [1.165, 1.54) is 13.4 Å². The van der Waals surface area contributed by atoms with Crippen LogP contribution in [0.1, 0.15) is 25.7 Å². The third-order valence-electron chi connectivity index (χ3n) is 2.85. The molecule has 0 heterocycles. The molecule has 1 fully saturated rings. The Bertz CT molecular complexity index is 234. The van der Waals surface area contributed by atoms with Crippen LogP contribution in [0.4, 0.5) is 0 Å². The van der Waals surface area contributed by atoms with E-state index in [1.54, 1.807) is 0 Å². The zero-order valence-electron chi connectivity index (χ0n) is 9.23. The smallest absolute Gasteiger partial charge is 0.308 e. The molecule has 15 heavy (non-hydrogen) atoms. The van der Waals surface area contributed by atoms with Crippen LogP contribution < -0.4 is 0 Å². The Balaban J connectivity index is 2.23. The fraction of sp³-hybridized carbons (Fsp3) is 0.900. The van der Waals surface area contributed by atoms with Gasteiger partial charge in [-0.2, -0.15) is 0 Å². The normalized spacial score (nSPS) is 28.4. The van der Waals surface area contributed by atoms with E-state index in [2.05, 4.69) is 0 Å². The molecule has 4 nitrogen and oxygen atoms in total. The Morgan fingerprint density at radius 1 is 1.33 bits per heavy atom. The lowest BCUT2D eigenvalue weighted by Gasteiger charge is -2.26. The summed E-state index contributed by atoms with van der Waals surface area (Å²) < 4.78 is 20.5. The highest BCUT2D eigenvalue weighted by Crippen LogP contribution is 2.29. The van der Waals surface area contributed by atoms with Gasteiger partial charge in [-0.3, -0.25) is 8.98 Å². The average molecular weight is 234 g/mol. The van der Waals surface area contributed by atoms with Gasteiger partial charge in [-0.25, -0.2) is 4.21 Å². The molecule has 1 rings (SSSR count). The van der Waals surface area contributed by atoms with Crippen molar-refractivity contribution in [3.63, 3.8) is 0 Å². The van der Waals surface area contributed by atoms with Crippen molar-refractivity contribution < 1.29 is 17.9 Å². The number of rotatable bonds is 4. The van der Waals surface area contributed by atoms with Gasteiger partial charge in [0, 0.05) is 6.26 Å². The summed E-state index contributed by atoms with van der Waals surface area (Å²) in [4.78, 5) is 11.2. The number of hydrogen-bond donors (Lipinski definition) is 0. The Hall–Kier alpha value is -0.420. The van der Waals surface area contributed by atoms with Gasteiger partial charge in [-0.15, -0.1) is 0 Å². The molecule has 0 N–H and O–H groups in total. The Labute approximate surface area is 93.0 Å². The summed E-state index contributed by atoms with van der Waals surface area (Å²) in [6.07, 6.45) is 5.15. The van der Waals surface area contributed by atoms with Crippen molar-refractivity contribution in [2.45, 2.75) is 25.7 Å². The molecular formula is C10H18O4S. The maximum Gasteiger partial charge on any atom is 0.308 e. The second-order valence-electron chi connectivity index (χ2n) is 3.93. The van der Waals surface area contributed by atoms with Crippen molar-refractivity contribution in [1.29, 1.82) is 0 Å². The Morgan fingerprint density at radius 3 is 2.40 bits per heavy atom. The first-order chi connectivity index (χ1) is 7.13. The molecule has 1 aliphatic carbocycles. The van der Waals surface area contributed by atoms with E-state index >= 15 is 0 Å². The monoisotopic (exact) mass is 234 g/mol. The van der Waals surface area contributed by atoms with Crippen molar-refractivity contribution in [2.24, 2.45) is 11.8 Å². The minimum atomic E-state index is -1.18. The quantitative estimate of drug-likeness (QED) is 0.687. The molecule has 1 saturated carbocycles. The van der Waals surface area contributed by atoms with Gasteiger partial charge in [0.2, 0.25) is 0 Å². The van der Waals surface area contributed by atoms with E-state index in [1.807, 2.05) is 0 Å². The van der Waals surface area contributed by atoms with Crippen LogP contribution in [0.15, 0.2) is 0 Å². The van der Waals surface area contributed by atoms with Crippen LogP contribution >= 0.6 is 0 Å². The van der Waals surface area contributed by atoms with Gasteiger partial charge in [0.25, 0.3) is 0 Å². The van der Waals surface area contributed by atoms with Crippen LogP contribution in [0.5, 0.6) is 0 Å². The number of hydrogen-bond acceptors (Lipinski definition) is 4. The summed E-state index contributed by atoms with van der Waals surface area (Å²) in [7, 11) is 1.43. The molecule has 0 saturated heterocycles. The van der Waals surface area contributed by atoms with E-state index < -0.39 is 11.1 Å². The molecule has 5 heteroatoms. The molecule has 0 aromatic rings. The Kier molecular flexibility index (Phi) is 5.25. The fourth-order valence-electron chi connectivity index (χ4n) is 1.92. The van der Waals surface area contributed by atoms with Gasteiger partial charge in [-0.05, 0) is 31.6 Å². The molecule has 0 aromatic heterocycles. The number of ether oxygens (including phenoxy) is 1. The van der Waals surface area contributed by atoms with Crippen molar-refractivity contribution in [3.8, 4) is 0 Å². The van der Waals surface area contributed by atoms with Gasteiger partial charge >= 0.3 is 5.97 Å². The molecule has 1 atom stereocenters. The summed E-state index contributed by atoms with van der Waals surface area (Å²) in [6, 6.07) is 0. The third-order valence-corrected chi connectivity index (χ3v) is 3.32. The lowest BCUT2D eigenvalue weighted by molar-refractivity contribution is -0.146.